The monoisotopic (exact) mass is 296 g/mol. The summed E-state index contributed by atoms with van der Waals surface area (Å²) in [4.78, 5) is 10.5. The van der Waals surface area contributed by atoms with E-state index in [9.17, 15) is 13.6 Å². The fourth-order valence-electron chi connectivity index (χ4n) is 1.12. The second-order valence-corrected chi connectivity index (χ2v) is 3.80. The highest BCUT2D eigenvalue weighted by molar-refractivity contribution is 14.1. The predicted octanol–water partition coefficient (Wildman–Crippen LogP) is 3.00. The number of halogens is 3. The first-order valence-electron chi connectivity index (χ1n) is 3.59. The lowest BCUT2D eigenvalue weighted by molar-refractivity contribution is 0.112. The second kappa shape index (κ2) is 3.69. The number of carbonyl (C=O) groups is 1. The van der Waals surface area contributed by atoms with Crippen LogP contribution in [-0.4, -0.2) is 6.29 Å². The molecule has 0 saturated carbocycles. The van der Waals surface area contributed by atoms with Gasteiger partial charge in [0.1, 0.15) is 11.6 Å². The molecule has 0 fully saturated rings. The van der Waals surface area contributed by atoms with Gasteiger partial charge in [0.25, 0.3) is 0 Å². The van der Waals surface area contributed by atoms with Gasteiger partial charge >= 0.3 is 0 Å². The molecule has 13 heavy (non-hydrogen) atoms. The van der Waals surface area contributed by atoms with Crippen LogP contribution in [0.1, 0.15) is 21.5 Å². The SMILES string of the molecule is Cc1c(F)c(I)c(F)c(C)c1C=O. The molecule has 0 unspecified atom stereocenters. The Kier molecular flexibility index (Phi) is 3.00. The van der Waals surface area contributed by atoms with Gasteiger partial charge in [0.2, 0.25) is 0 Å². The van der Waals surface area contributed by atoms with Crippen LogP contribution < -0.4 is 0 Å². The van der Waals surface area contributed by atoms with Crippen molar-refractivity contribution in [1.82, 2.24) is 0 Å². The lowest BCUT2D eigenvalue weighted by Gasteiger charge is -2.08. The molecule has 1 rings (SSSR count). The van der Waals surface area contributed by atoms with Gasteiger partial charge in [0.15, 0.2) is 6.29 Å². The van der Waals surface area contributed by atoms with E-state index in [-0.39, 0.29) is 20.3 Å². The fourth-order valence-corrected chi connectivity index (χ4v) is 1.93. The molecule has 0 aliphatic heterocycles. The highest BCUT2D eigenvalue weighted by atomic mass is 127. The van der Waals surface area contributed by atoms with Crippen LogP contribution in [0.2, 0.25) is 0 Å². The smallest absolute Gasteiger partial charge is 0.150 e. The van der Waals surface area contributed by atoms with Crippen LogP contribution in [0, 0.1) is 29.1 Å². The van der Waals surface area contributed by atoms with Crippen molar-refractivity contribution >= 4 is 28.9 Å². The second-order valence-electron chi connectivity index (χ2n) is 2.72. The van der Waals surface area contributed by atoms with Crippen LogP contribution in [0.3, 0.4) is 0 Å². The summed E-state index contributed by atoms with van der Waals surface area (Å²) < 4.78 is 26.4. The number of hydrogen-bond acceptors (Lipinski definition) is 1. The minimum absolute atomic E-state index is 0.0572. The summed E-state index contributed by atoms with van der Waals surface area (Å²) in [5.41, 5.74) is 0.520. The average molecular weight is 296 g/mol. The Morgan fingerprint density at radius 2 is 1.54 bits per heavy atom. The van der Waals surface area contributed by atoms with E-state index in [0.29, 0.717) is 6.29 Å². The van der Waals surface area contributed by atoms with E-state index in [0.717, 1.165) is 0 Å². The third-order valence-corrected chi connectivity index (χ3v) is 2.92. The summed E-state index contributed by atoms with van der Waals surface area (Å²) in [6.45, 7) is 2.93. The zero-order chi connectivity index (χ0) is 10.2. The van der Waals surface area contributed by atoms with Crippen LogP contribution in [-0.2, 0) is 0 Å². The van der Waals surface area contributed by atoms with E-state index < -0.39 is 11.6 Å². The van der Waals surface area contributed by atoms with Crippen molar-refractivity contribution in [3.05, 3.63) is 31.9 Å². The molecular formula is C9H7F2IO. The molecule has 0 saturated heterocycles. The fraction of sp³-hybridized carbons (Fsp3) is 0.222. The highest BCUT2D eigenvalue weighted by Crippen LogP contribution is 2.25. The molecule has 4 heteroatoms. The summed E-state index contributed by atoms with van der Waals surface area (Å²) in [6, 6.07) is 0. The molecule has 0 aliphatic rings. The van der Waals surface area contributed by atoms with E-state index in [1.54, 1.807) is 22.6 Å². The summed E-state index contributed by atoms with van der Waals surface area (Å²) >= 11 is 1.59. The van der Waals surface area contributed by atoms with Crippen molar-refractivity contribution in [3.8, 4) is 0 Å². The van der Waals surface area contributed by atoms with Crippen LogP contribution in [0.5, 0.6) is 0 Å². The van der Waals surface area contributed by atoms with Gasteiger partial charge in [-0.15, -0.1) is 0 Å². The summed E-state index contributed by atoms with van der Waals surface area (Å²) in [5.74, 6) is -1.29. The van der Waals surface area contributed by atoms with Gasteiger partial charge in [-0.05, 0) is 47.6 Å². The molecular weight excluding hydrogens is 289 g/mol. The van der Waals surface area contributed by atoms with Crippen molar-refractivity contribution < 1.29 is 13.6 Å². The van der Waals surface area contributed by atoms with Gasteiger partial charge in [-0.1, -0.05) is 0 Å². The van der Waals surface area contributed by atoms with Crippen LogP contribution >= 0.6 is 22.6 Å². The van der Waals surface area contributed by atoms with Gasteiger partial charge < -0.3 is 0 Å². The first-order valence-corrected chi connectivity index (χ1v) is 4.67. The zero-order valence-corrected chi connectivity index (χ0v) is 9.28. The van der Waals surface area contributed by atoms with E-state index in [4.69, 9.17) is 0 Å². The summed E-state index contributed by atoms with van der Waals surface area (Å²) in [6.07, 6.45) is 0.479. The topological polar surface area (TPSA) is 17.1 Å². The normalized spacial score (nSPS) is 10.2. The lowest BCUT2D eigenvalue weighted by atomic mass is 10.0. The highest BCUT2D eigenvalue weighted by Gasteiger charge is 2.17. The van der Waals surface area contributed by atoms with Gasteiger partial charge in [-0.2, -0.15) is 0 Å². The Morgan fingerprint density at radius 1 is 1.15 bits per heavy atom. The maximum atomic E-state index is 13.2. The minimum Gasteiger partial charge on any atom is -0.298 e. The largest absolute Gasteiger partial charge is 0.298 e. The standard InChI is InChI=1S/C9H7F2IO/c1-4-6(3-13)5(2)8(11)9(12)7(4)10/h3H,1-2H3. The Balaban J connectivity index is 3.66. The first kappa shape index (κ1) is 10.6. The Bertz CT molecular complexity index is 345. The number of hydrogen-bond donors (Lipinski definition) is 0. The van der Waals surface area contributed by atoms with Crippen LogP contribution in [0.4, 0.5) is 8.78 Å². The quantitative estimate of drug-likeness (QED) is 0.442. The van der Waals surface area contributed by atoms with Gasteiger partial charge in [-0.25, -0.2) is 8.78 Å². The Morgan fingerprint density at radius 3 is 1.85 bits per heavy atom. The van der Waals surface area contributed by atoms with E-state index in [1.807, 2.05) is 0 Å². The van der Waals surface area contributed by atoms with Gasteiger partial charge in [-0.3, -0.25) is 4.79 Å². The number of benzene rings is 1. The van der Waals surface area contributed by atoms with Gasteiger partial charge in [0, 0.05) is 5.56 Å². The lowest BCUT2D eigenvalue weighted by Crippen LogP contribution is -2.03. The number of carbonyl (C=O) groups excluding carboxylic acids is 1. The molecule has 0 heterocycles. The minimum atomic E-state index is -0.647. The van der Waals surface area contributed by atoms with E-state index in [2.05, 4.69) is 0 Å². The number of rotatable bonds is 1. The van der Waals surface area contributed by atoms with Crippen molar-refractivity contribution in [2.24, 2.45) is 0 Å². The van der Waals surface area contributed by atoms with E-state index >= 15 is 0 Å². The predicted molar refractivity (Wildman–Crippen MR) is 53.9 cm³/mol. The maximum Gasteiger partial charge on any atom is 0.150 e. The zero-order valence-electron chi connectivity index (χ0n) is 7.12. The molecule has 0 atom stereocenters. The van der Waals surface area contributed by atoms with Gasteiger partial charge in [0.05, 0.1) is 3.57 Å². The van der Waals surface area contributed by atoms with Crippen molar-refractivity contribution in [2.45, 2.75) is 13.8 Å². The Hall–Kier alpha value is -0.520. The molecule has 70 valence electrons. The molecule has 1 aromatic carbocycles. The molecule has 0 N–H and O–H groups in total. The average Bonchev–Trinajstić information content (AvgIpc) is 2.13. The maximum absolute atomic E-state index is 13.2. The molecule has 0 radical (unpaired) electrons. The Labute approximate surface area is 88.3 Å². The molecule has 1 aromatic rings. The van der Waals surface area contributed by atoms with Crippen molar-refractivity contribution in [2.75, 3.05) is 0 Å². The third-order valence-electron chi connectivity index (χ3n) is 1.97. The summed E-state index contributed by atoms with van der Waals surface area (Å²) in [7, 11) is 0. The van der Waals surface area contributed by atoms with E-state index in [1.165, 1.54) is 13.8 Å². The van der Waals surface area contributed by atoms with Crippen LogP contribution in [0.25, 0.3) is 0 Å². The number of aldehydes is 1. The van der Waals surface area contributed by atoms with Crippen molar-refractivity contribution in [3.63, 3.8) is 0 Å². The third kappa shape index (κ3) is 1.59. The molecule has 0 aliphatic carbocycles. The first-order chi connectivity index (χ1) is 6.00. The molecule has 0 aromatic heterocycles. The summed E-state index contributed by atoms with van der Waals surface area (Å²) in [5, 5.41) is 0. The van der Waals surface area contributed by atoms with Crippen molar-refractivity contribution in [1.29, 1.82) is 0 Å². The molecule has 0 amide bonds. The molecule has 0 spiro atoms. The molecule has 0 bridgehead atoms. The van der Waals surface area contributed by atoms with Crippen LogP contribution in [0.15, 0.2) is 0 Å². The molecule has 1 nitrogen and oxygen atoms in total.